The number of rotatable bonds is 6. The van der Waals surface area contributed by atoms with Crippen molar-refractivity contribution in [2.45, 2.75) is 18.4 Å². The summed E-state index contributed by atoms with van der Waals surface area (Å²) in [6.07, 6.45) is 1.62. The second-order valence-corrected chi connectivity index (χ2v) is 8.41. The van der Waals surface area contributed by atoms with Gasteiger partial charge in [-0.1, -0.05) is 29.3 Å². The maximum absolute atomic E-state index is 12.5. The van der Waals surface area contributed by atoms with Crippen LogP contribution in [0.2, 0.25) is 10.0 Å². The molecule has 0 aliphatic carbocycles. The summed E-state index contributed by atoms with van der Waals surface area (Å²) in [5.41, 5.74) is 1.20. The van der Waals surface area contributed by atoms with E-state index < -0.39 is 10.0 Å². The van der Waals surface area contributed by atoms with E-state index in [9.17, 15) is 13.2 Å². The molecular weight excluding hydrogens is 423 g/mol. The molecule has 2 aromatic carbocycles. The van der Waals surface area contributed by atoms with Crippen LogP contribution in [0.4, 0.5) is 11.5 Å². The van der Waals surface area contributed by atoms with Gasteiger partial charge in [-0.2, -0.15) is 5.10 Å². The largest absolute Gasteiger partial charge is 0.326 e. The number of carbonyl (C=O) groups excluding carboxylic acids is 1. The molecule has 0 fully saturated rings. The second-order valence-electron chi connectivity index (χ2n) is 5.91. The number of aromatic nitrogens is 2. The summed E-state index contributed by atoms with van der Waals surface area (Å²) < 4.78 is 29.0. The Labute approximate surface area is 172 Å². The van der Waals surface area contributed by atoms with E-state index in [0.29, 0.717) is 27.8 Å². The highest BCUT2D eigenvalue weighted by Crippen LogP contribution is 2.25. The summed E-state index contributed by atoms with van der Waals surface area (Å²) in [5.74, 6) is -0.0768. The zero-order valence-corrected chi connectivity index (χ0v) is 17.0. The van der Waals surface area contributed by atoms with Crippen LogP contribution in [0.1, 0.15) is 12.5 Å². The summed E-state index contributed by atoms with van der Waals surface area (Å²) in [5, 5.41) is 7.79. The number of amides is 1. The van der Waals surface area contributed by atoms with Crippen molar-refractivity contribution in [1.82, 2.24) is 9.78 Å². The summed E-state index contributed by atoms with van der Waals surface area (Å²) in [7, 11) is -3.83. The van der Waals surface area contributed by atoms with E-state index in [-0.39, 0.29) is 16.6 Å². The van der Waals surface area contributed by atoms with Gasteiger partial charge < -0.3 is 5.32 Å². The molecule has 1 aromatic heterocycles. The fourth-order valence-corrected chi connectivity index (χ4v) is 3.98. The molecule has 0 saturated heterocycles. The zero-order chi connectivity index (χ0) is 20.3. The molecule has 0 atom stereocenters. The van der Waals surface area contributed by atoms with E-state index in [2.05, 4.69) is 15.1 Å². The van der Waals surface area contributed by atoms with Gasteiger partial charge in [-0.05, 0) is 36.4 Å². The van der Waals surface area contributed by atoms with Crippen molar-refractivity contribution >= 4 is 50.6 Å². The first-order valence-electron chi connectivity index (χ1n) is 8.11. The van der Waals surface area contributed by atoms with Crippen molar-refractivity contribution in [3.05, 3.63) is 70.3 Å². The van der Waals surface area contributed by atoms with Gasteiger partial charge in [-0.25, -0.2) is 8.42 Å². The summed E-state index contributed by atoms with van der Waals surface area (Å²) in [4.78, 5) is 11.1. The highest BCUT2D eigenvalue weighted by Gasteiger charge is 2.16. The molecule has 0 unspecified atom stereocenters. The molecule has 0 spiro atoms. The van der Waals surface area contributed by atoms with Crippen LogP contribution in [0.25, 0.3) is 0 Å². The first-order chi connectivity index (χ1) is 13.2. The van der Waals surface area contributed by atoms with Gasteiger partial charge in [0.05, 0.1) is 11.4 Å². The smallest absolute Gasteiger partial charge is 0.263 e. The minimum absolute atomic E-state index is 0.0466. The third-order valence-corrected chi connectivity index (χ3v) is 5.83. The lowest BCUT2D eigenvalue weighted by atomic mass is 10.2. The van der Waals surface area contributed by atoms with E-state index in [1.165, 1.54) is 41.9 Å². The topological polar surface area (TPSA) is 93.1 Å². The number of benzene rings is 2. The van der Waals surface area contributed by atoms with E-state index in [4.69, 9.17) is 23.2 Å². The summed E-state index contributed by atoms with van der Waals surface area (Å²) in [6.45, 7) is 1.67. The van der Waals surface area contributed by atoms with Crippen LogP contribution in [0, 0.1) is 0 Å². The van der Waals surface area contributed by atoms with Crippen molar-refractivity contribution in [1.29, 1.82) is 0 Å². The molecule has 7 nitrogen and oxygen atoms in total. The number of nitrogens with zero attached hydrogens (tertiary/aromatic N) is 2. The molecule has 0 bridgehead atoms. The highest BCUT2D eigenvalue weighted by molar-refractivity contribution is 7.92. The minimum Gasteiger partial charge on any atom is -0.326 e. The standard InChI is InChI=1S/C18H16Cl2N4O3S/c1-12(25)21-13-5-7-14(8-6-13)28(26,27)23-18-9-10-24(22-18)11-15-16(19)3-2-4-17(15)20/h2-10H,11H2,1H3,(H,21,25)(H,22,23). The lowest BCUT2D eigenvalue weighted by molar-refractivity contribution is -0.114. The normalized spacial score (nSPS) is 11.2. The molecule has 0 aliphatic heterocycles. The number of halogens is 2. The number of carbonyl (C=O) groups is 1. The molecule has 1 amide bonds. The molecule has 10 heteroatoms. The quantitative estimate of drug-likeness (QED) is 0.607. The average Bonchev–Trinajstić information content (AvgIpc) is 3.04. The number of anilines is 2. The monoisotopic (exact) mass is 438 g/mol. The van der Waals surface area contributed by atoms with Crippen molar-refractivity contribution in [2.24, 2.45) is 0 Å². The Balaban J connectivity index is 1.74. The van der Waals surface area contributed by atoms with E-state index in [1.54, 1.807) is 24.4 Å². The molecule has 1 heterocycles. The van der Waals surface area contributed by atoms with Gasteiger partial charge in [0.15, 0.2) is 5.82 Å². The van der Waals surface area contributed by atoms with Gasteiger partial charge in [0, 0.05) is 40.5 Å². The van der Waals surface area contributed by atoms with Crippen LogP contribution in [-0.4, -0.2) is 24.1 Å². The third-order valence-electron chi connectivity index (χ3n) is 3.75. The van der Waals surface area contributed by atoms with Gasteiger partial charge in [0.2, 0.25) is 5.91 Å². The molecule has 0 radical (unpaired) electrons. The van der Waals surface area contributed by atoms with E-state index in [0.717, 1.165) is 0 Å². The Bertz CT molecular complexity index is 1090. The lowest BCUT2D eigenvalue weighted by Gasteiger charge is -2.08. The Morgan fingerprint density at radius 3 is 2.32 bits per heavy atom. The Morgan fingerprint density at radius 1 is 1.07 bits per heavy atom. The highest BCUT2D eigenvalue weighted by atomic mass is 35.5. The van der Waals surface area contributed by atoms with E-state index >= 15 is 0 Å². The summed E-state index contributed by atoms with van der Waals surface area (Å²) in [6, 6.07) is 12.5. The Morgan fingerprint density at radius 2 is 1.71 bits per heavy atom. The maximum Gasteiger partial charge on any atom is 0.263 e. The molecule has 3 aromatic rings. The first-order valence-corrected chi connectivity index (χ1v) is 10.4. The Hall–Kier alpha value is -2.55. The van der Waals surface area contributed by atoms with Gasteiger partial charge in [-0.15, -0.1) is 0 Å². The second kappa shape index (κ2) is 8.22. The van der Waals surface area contributed by atoms with Gasteiger partial charge in [0.25, 0.3) is 10.0 Å². The predicted molar refractivity (Wildman–Crippen MR) is 109 cm³/mol. The Kier molecular flexibility index (Phi) is 5.93. The molecule has 0 saturated carbocycles. The van der Waals surface area contributed by atoms with Crippen molar-refractivity contribution in [3.63, 3.8) is 0 Å². The third kappa shape index (κ3) is 4.83. The van der Waals surface area contributed by atoms with Crippen molar-refractivity contribution < 1.29 is 13.2 Å². The minimum atomic E-state index is -3.83. The molecule has 146 valence electrons. The van der Waals surface area contributed by atoms with Crippen molar-refractivity contribution in [3.8, 4) is 0 Å². The molecular formula is C18H16Cl2N4O3S. The fourth-order valence-electron chi connectivity index (χ4n) is 2.47. The van der Waals surface area contributed by atoms with Crippen molar-refractivity contribution in [2.75, 3.05) is 10.0 Å². The SMILES string of the molecule is CC(=O)Nc1ccc(S(=O)(=O)Nc2ccn(Cc3c(Cl)cccc3Cl)n2)cc1. The number of hydrogen-bond donors (Lipinski definition) is 2. The average molecular weight is 439 g/mol. The van der Waals surface area contributed by atoms with Crippen LogP contribution in [0.3, 0.4) is 0 Å². The number of sulfonamides is 1. The van der Waals surface area contributed by atoms with Crippen LogP contribution in [-0.2, 0) is 21.4 Å². The molecule has 2 N–H and O–H groups in total. The predicted octanol–water partition coefficient (Wildman–Crippen LogP) is 4.00. The van der Waals surface area contributed by atoms with Crippen LogP contribution in [0.15, 0.2) is 59.6 Å². The van der Waals surface area contributed by atoms with Crippen LogP contribution >= 0.6 is 23.2 Å². The molecule has 28 heavy (non-hydrogen) atoms. The zero-order valence-electron chi connectivity index (χ0n) is 14.7. The van der Waals surface area contributed by atoms with Gasteiger partial charge >= 0.3 is 0 Å². The van der Waals surface area contributed by atoms with Gasteiger partial charge in [-0.3, -0.25) is 14.2 Å². The molecule has 3 rings (SSSR count). The maximum atomic E-state index is 12.5. The van der Waals surface area contributed by atoms with Crippen LogP contribution in [0.5, 0.6) is 0 Å². The van der Waals surface area contributed by atoms with Gasteiger partial charge in [0.1, 0.15) is 0 Å². The lowest BCUT2D eigenvalue weighted by Crippen LogP contribution is -2.14. The van der Waals surface area contributed by atoms with E-state index in [1.807, 2.05) is 0 Å². The number of hydrogen-bond acceptors (Lipinski definition) is 4. The molecule has 0 aliphatic rings. The first kappa shape index (κ1) is 20.2. The fraction of sp³-hybridized carbons (Fsp3) is 0.111. The number of nitrogens with one attached hydrogen (secondary N) is 2. The summed E-state index contributed by atoms with van der Waals surface area (Å²) >= 11 is 12.3. The van der Waals surface area contributed by atoms with Crippen LogP contribution < -0.4 is 10.0 Å².